The van der Waals surface area contributed by atoms with E-state index in [0.29, 0.717) is 0 Å². The Hall–Kier alpha value is -1.23. The lowest BCUT2D eigenvalue weighted by Crippen LogP contribution is -3.00. The molecule has 0 saturated heterocycles. The van der Waals surface area contributed by atoms with Crippen LogP contribution in [0.2, 0.25) is 0 Å². The molecule has 3 rings (SSSR count). The van der Waals surface area contributed by atoms with Gasteiger partial charge in [-0.05, 0) is 6.07 Å². The average Bonchev–Trinajstić information content (AvgIpc) is 2.77. The summed E-state index contributed by atoms with van der Waals surface area (Å²) < 4.78 is 4.30. The molecule has 0 saturated carbocycles. The van der Waals surface area contributed by atoms with Crippen molar-refractivity contribution >= 4 is 26.6 Å². The summed E-state index contributed by atoms with van der Waals surface area (Å²) in [5.41, 5.74) is 2.18. The van der Waals surface area contributed by atoms with E-state index < -0.39 is 0 Å². The van der Waals surface area contributed by atoms with Crippen molar-refractivity contribution in [1.29, 1.82) is 0 Å². The Labute approximate surface area is 113 Å². The molecule has 2 aliphatic rings. The van der Waals surface area contributed by atoms with Gasteiger partial charge in [0, 0.05) is 34.8 Å². The summed E-state index contributed by atoms with van der Waals surface area (Å²) in [5.74, 6) is 0. The van der Waals surface area contributed by atoms with Crippen molar-refractivity contribution in [2.75, 3.05) is 0 Å². The van der Waals surface area contributed by atoms with Crippen molar-refractivity contribution in [2.24, 2.45) is 0 Å². The fourth-order valence-electron chi connectivity index (χ4n) is 1.52. The number of para-hydroxylation sites is 1. The number of aromatic nitrogens is 1. The minimum absolute atomic E-state index is 0. The number of hydrogen-bond donors (Lipinski definition) is 1. The van der Waals surface area contributed by atoms with Gasteiger partial charge in [-0.3, -0.25) is 0 Å². The Kier molecular flexibility index (Phi) is 3.89. The molecule has 0 fully saturated rings. The predicted molar refractivity (Wildman–Crippen MR) is 66.8 cm³/mol. The summed E-state index contributed by atoms with van der Waals surface area (Å²) >= 11 is 0. The van der Waals surface area contributed by atoms with Gasteiger partial charge in [0.15, 0.2) is 0 Å². The first kappa shape index (κ1) is 12.2. The molecule has 1 aliphatic carbocycles. The average molecular weight is 281 g/mol. The first-order valence-electron chi connectivity index (χ1n) is 4.93. The number of hydrogen-bond acceptors (Lipinski definition) is 3. The molecule has 0 amide bonds. The number of rotatable bonds is 1. The second-order valence-corrected chi connectivity index (χ2v) is 5.31. The van der Waals surface area contributed by atoms with E-state index in [9.17, 15) is 0 Å². The Morgan fingerprint density at radius 3 is 2.65 bits per heavy atom. The van der Waals surface area contributed by atoms with Crippen molar-refractivity contribution < 1.29 is 17.4 Å². The van der Waals surface area contributed by atoms with Gasteiger partial charge in [-0.2, -0.15) is 4.37 Å². The number of fused-ring (bicyclic) bond motifs is 1. The molecule has 1 N–H and O–H groups in total. The third-order valence-corrected chi connectivity index (χ3v) is 4.12. The maximum atomic E-state index is 4.30. The lowest BCUT2D eigenvalue weighted by Gasteiger charge is -1.90. The molecule has 86 valence electrons. The van der Waals surface area contributed by atoms with Crippen LogP contribution >= 0.6 is 20.9 Å². The highest BCUT2D eigenvalue weighted by molar-refractivity contribution is 7.68. The summed E-state index contributed by atoms with van der Waals surface area (Å²) in [6.07, 6.45) is 0. The van der Waals surface area contributed by atoms with Gasteiger partial charge in [-0.25, -0.2) is 4.99 Å². The van der Waals surface area contributed by atoms with E-state index >= 15 is 0 Å². The largest absolute Gasteiger partial charge is 1.00 e. The van der Waals surface area contributed by atoms with E-state index in [1.165, 1.54) is 15.4 Å². The normalized spacial score (nSPS) is 11.4. The highest BCUT2D eigenvalue weighted by Gasteiger charge is 2.05. The number of benzene rings is 2. The van der Waals surface area contributed by atoms with Crippen molar-refractivity contribution in [2.45, 2.75) is 0 Å². The molecule has 2 nitrogen and oxygen atoms in total. The van der Waals surface area contributed by atoms with Gasteiger partial charge >= 0.3 is 0 Å². The van der Waals surface area contributed by atoms with E-state index in [0.717, 1.165) is 16.7 Å². The van der Waals surface area contributed by atoms with E-state index in [1.54, 1.807) is 10.3 Å². The van der Waals surface area contributed by atoms with Crippen LogP contribution in [0.25, 0.3) is 10.6 Å². The van der Waals surface area contributed by atoms with Crippen LogP contribution in [0.1, 0.15) is 0 Å². The van der Waals surface area contributed by atoms with Crippen LogP contribution in [-0.2, 0) is 0 Å². The van der Waals surface area contributed by atoms with Gasteiger partial charge in [-0.15, -0.1) is 0 Å². The summed E-state index contributed by atoms with van der Waals surface area (Å²) in [6.45, 7) is 0. The molecule has 5 heteroatoms. The van der Waals surface area contributed by atoms with Gasteiger partial charge in [0.05, 0.1) is 10.6 Å². The Morgan fingerprint density at radius 1 is 1.00 bits per heavy atom. The Bertz CT molecular complexity index is 630. The van der Waals surface area contributed by atoms with Crippen molar-refractivity contribution in [3.63, 3.8) is 0 Å². The molecule has 17 heavy (non-hydrogen) atoms. The highest BCUT2D eigenvalue weighted by atomic mass is 35.5. The molecule has 1 aromatic carbocycles. The third kappa shape index (κ3) is 2.72. The fourth-order valence-corrected chi connectivity index (χ4v) is 3.30. The zero-order valence-corrected chi connectivity index (χ0v) is 11.1. The van der Waals surface area contributed by atoms with Gasteiger partial charge in [0.2, 0.25) is 11.0 Å². The van der Waals surface area contributed by atoms with E-state index in [2.05, 4.69) is 33.6 Å². The van der Waals surface area contributed by atoms with Crippen LogP contribution in [-0.4, -0.2) is 4.37 Å². The van der Waals surface area contributed by atoms with Gasteiger partial charge in [-0.1, -0.05) is 28.5 Å². The van der Waals surface area contributed by atoms with Gasteiger partial charge in [0.25, 0.3) is 0 Å². The molecule has 1 aromatic rings. The van der Waals surface area contributed by atoms with Crippen molar-refractivity contribution in [3.8, 4) is 10.6 Å². The fraction of sp³-hybridized carbons (Fsp3) is 0. The molecule has 0 aromatic heterocycles. The van der Waals surface area contributed by atoms with Gasteiger partial charge in [0.1, 0.15) is 0 Å². The molecular formula is C12H9ClN2S2. The topological polar surface area (TPSA) is 26.9 Å². The predicted octanol–water partition coefficient (Wildman–Crippen LogP) is -1.37. The lowest BCUT2D eigenvalue weighted by molar-refractivity contribution is -0.402. The van der Waals surface area contributed by atoms with Crippen LogP contribution in [0, 0.1) is 0 Å². The molecule has 0 spiro atoms. The van der Waals surface area contributed by atoms with E-state index in [4.69, 9.17) is 0 Å². The molecule has 0 unspecified atom stereocenters. The Balaban J connectivity index is 0.00000108. The maximum absolute atomic E-state index is 4.30. The number of nitrogens with one attached hydrogen (secondary N) is 1. The smallest absolute Gasteiger partial charge is 0.205 e. The van der Waals surface area contributed by atoms with Crippen LogP contribution in [0.3, 0.4) is 0 Å². The van der Waals surface area contributed by atoms with Crippen LogP contribution in [0.15, 0.2) is 48.5 Å². The Morgan fingerprint density at radius 2 is 1.82 bits per heavy atom. The molecule has 1 aliphatic heterocycles. The molecule has 0 bridgehead atoms. The lowest BCUT2D eigenvalue weighted by atomic mass is 10.2. The summed E-state index contributed by atoms with van der Waals surface area (Å²) in [4.78, 5) is 4.60. The second kappa shape index (κ2) is 5.40. The van der Waals surface area contributed by atoms with Crippen LogP contribution in [0.4, 0.5) is 5.69 Å². The number of nitrogens with zero attached hydrogens (tertiary/aromatic N) is 1. The minimum atomic E-state index is 0. The second-order valence-electron chi connectivity index (χ2n) is 3.42. The standard InChI is InChI=1S/C12H8N2S2.ClH/c1-2-4-9(5-3-1)13-10-6-7-11-12(8-10)15-16-14-11;/h1-8H;1H. The van der Waals surface area contributed by atoms with Crippen molar-refractivity contribution in [1.82, 2.24) is 4.37 Å². The summed E-state index contributed by atoms with van der Waals surface area (Å²) in [5, 5.41) is 1.11. The van der Waals surface area contributed by atoms with Crippen molar-refractivity contribution in [3.05, 3.63) is 53.9 Å². The van der Waals surface area contributed by atoms with Gasteiger partial charge < -0.3 is 12.4 Å². The van der Waals surface area contributed by atoms with E-state index in [1.807, 2.05) is 24.3 Å². The quantitative estimate of drug-likeness (QED) is 0.547. The first-order chi connectivity index (χ1) is 7.92. The summed E-state index contributed by atoms with van der Waals surface area (Å²) in [6, 6.07) is 16.4. The molecule has 0 atom stereocenters. The minimum Gasteiger partial charge on any atom is -1.00 e. The van der Waals surface area contributed by atoms with Crippen LogP contribution in [0.5, 0.6) is 0 Å². The maximum Gasteiger partial charge on any atom is 0.205 e. The zero-order valence-electron chi connectivity index (χ0n) is 8.76. The molecule has 0 radical (unpaired) electrons. The first-order valence-corrected chi connectivity index (χ1v) is 7.03. The molecule has 1 heterocycles. The number of halogens is 1. The highest BCUT2D eigenvalue weighted by Crippen LogP contribution is 2.25. The van der Waals surface area contributed by atoms with Crippen LogP contribution < -0.4 is 22.8 Å². The van der Waals surface area contributed by atoms with E-state index in [-0.39, 0.29) is 12.4 Å². The third-order valence-electron chi connectivity index (χ3n) is 2.28. The summed E-state index contributed by atoms with van der Waals surface area (Å²) in [7, 11) is 3.23. The monoisotopic (exact) mass is 280 g/mol. The SMILES string of the molecule is [Cl-].c1ccc([NH+]=c2ccc3nssc-3c2)cc1. The zero-order chi connectivity index (χ0) is 10.8. The molecular weight excluding hydrogens is 272 g/mol.